The van der Waals surface area contributed by atoms with Crippen molar-refractivity contribution in [2.24, 2.45) is 11.7 Å². The van der Waals surface area contributed by atoms with E-state index in [0.29, 0.717) is 57.2 Å². The van der Waals surface area contributed by atoms with Gasteiger partial charge in [-0.2, -0.15) is 0 Å². The predicted octanol–water partition coefficient (Wildman–Crippen LogP) is 2.50. The van der Waals surface area contributed by atoms with E-state index in [-0.39, 0.29) is 23.8 Å². The molecule has 1 aromatic heterocycles. The number of halogens is 1. The quantitative estimate of drug-likeness (QED) is 0.768. The first-order valence-electron chi connectivity index (χ1n) is 10.6. The molecule has 8 heteroatoms. The van der Waals surface area contributed by atoms with Crippen LogP contribution in [0.5, 0.6) is 0 Å². The zero-order valence-corrected chi connectivity index (χ0v) is 18.1. The Balaban J connectivity index is 1.33. The summed E-state index contributed by atoms with van der Waals surface area (Å²) in [6.07, 6.45) is 2.96. The number of aromatic nitrogens is 1. The largest absolute Gasteiger partial charge is 0.369 e. The molecule has 0 bridgehead atoms. The Morgan fingerprint density at radius 3 is 2.61 bits per heavy atom. The number of piperidine rings is 1. The van der Waals surface area contributed by atoms with E-state index in [1.165, 1.54) is 0 Å². The average Bonchev–Trinajstić information content (AvgIpc) is 2.79. The summed E-state index contributed by atoms with van der Waals surface area (Å²) in [5.41, 5.74) is 8.24. The number of carbonyl (C=O) groups excluding carboxylic acids is 2. The molecule has 2 aliphatic rings. The van der Waals surface area contributed by atoms with Crippen LogP contribution >= 0.6 is 11.6 Å². The minimum absolute atomic E-state index is 0.0906. The number of carbonyl (C=O) groups is 2. The van der Waals surface area contributed by atoms with E-state index < -0.39 is 0 Å². The summed E-state index contributed by atoms with van der Waals surface area (Å²) in [6, 6.07) is 11.7. The van der Waals surface area contributed by atoms with E-state index in [4.69, 9.17) is 22.1 Å². The summed E-state index contributed by atoms with van der Waals surface area (Å²) in [7, 11) is 0. The molecule has 1 aromatic carbocycles. The van der Waals surface area contributed by atoms with Gasteiger partial charge in [0.1, 0.15) is 6.10 Å². The smallest absolute Gasteiger partial charge is 0.236 e. The highest BCUT2D eigenvalue weighted by Gasteiger charge is 2.29. The van der Waals surface area contributed by atoms with Gasteiger partial charge in [0.25, 0.3) is 0 Å². The van der Waals surface area contributed by atoms with Gasteiger partial charge in [0.05, 0.1) is 18.8 Å². The van der Waals surface area contributed by atoms with Gasteiger partial charge in [-0.3, -0.25) is 19.5 Å². The third-order valence-corrected chi connectivity index (χ3v) is 6.27. The number of hydrogen-bond donors (Lipinski definition) is 1. The van der Waals surface area contributed by atoms with Gasteiger partial charge in [0.2, 0.25) is 11.8 Å². The number of primary amides is 1. The number of nitrogens with two attached hydrogens (primary N) is 1. The average molecular weight is 443 g/mol. The maximum absolute atomic E-state index is 12.7. The van der Waals surface area contributed by atoms with E-state index in [1.54, 1.807) is 0 Å². The van der Waals surface area contributed by atoms with Crippen molar-refractivity contribution in [3.63, 3.8) is 0 Å². The van der Waals surface area contributed by atoms with Gasteiger partial charge < -0.3 is 15.4 Å². The minimum Gasteiger partial charge on any atom is -0.369 e. The lowest BCUT2D eigenvalue weighted by Crippen LogP contribution is -2.48. The van der Waals surface area contributed by atoms with Gasteiger partial charge in [0, 0.05) is 48.9 Å². The summed E-state index contributed by atoms with van der Waals surface area (Å²) in [4.78, 5) is 32.6. The van der Waals surface area contributed by atoms with Crippen molar-refractivity contribution < 1.29 is 14.3 Å². The Kier molecular flexibility index (Phi) is 6.85. The third-order valence-electron chi connectivity index (χ3n) is 6.03. The van der Waals surface area contributed by atoms with E-state index in [1.807, 2.05) is 47.5 Å². The highest BCUT2D eigenvalue weighted by Crippen LogP contribution is 2.26. The van der Waals surface area contributed by atoms with Crippen molar-refractivity contribution in [3.8, 4) is 11.1 Å². The van der Waals surface area contributed by atoms with Crippen molar-refractivity contribution in [2.75, 3.05) is 39.3 Å². The molecule has 3 heterocycles. The zero-order valence-electron chi connectivity index (χ0n) is 17.4. The Labute approximate surface area is 187 Å². The van der Waals surface area contributed by atoms with Gasteiger partial charge in [0.15, 0.2) is 0 Å². The summed E-state index contributed by atoms with van der Waals surface area (Å²) in [5, 5.41) is 0.691. The fourth-order valence-corrected chi connectivity index (χ4v) is 4.35. The van der Waals surface area contributed by atoms with Crippen LogP contribution in [0.4, 0.5) is 0 Å². The number of pyridine rings is 1. The van der Waals surface area contributed by atoms with Crippen molar-refractivity contribution >= 4 is 23.4 Å². The molecule has 4 rings (SSSR count). The highest BCUT2D eigenvalue weighted by atomic mass is 35.5. The molecule has 1 atom stereocenters. The molecule has 2 fully saturated rings. The number of ether oxygens (including phenoxy) is 1. The summed E-state index contributed by atoms with van der Waals surface area (Å²) >= 11 is 6.08. The van der Waals surface area contributed by atoms with E-state index in [2.05, 4.69) is 9.88 Å². The molecule has 31 heavy (non-hydrogen) atoms. The zero-order chi connectivity index (χ0) is 21.8. The van der Waals surface area contributed by atoms with Crippen LogP contribution in [0.1, 0.15) is 24.6 Å². The first-order chi connectivity index (χ1) is 15.0. The first-order valence-corrected chi connectivity index (χ1v) is 11.0. The molecule has 0 radical (unpaired) electrons. The lowest BCUT2D eigenvalue weighted by molar-refractivity contribution is -0.137. The number of hydrogen-bond acceptors (Lipinski definition) is 5. The maximum Gasteiger partial charge on any atom is 0.236 e. The SMILES string of the molecule is NC(=O)C1CCN(C(=O)CN2CCOC(c3ccc(-c4cccc(Cl)c4)cn3)C2)CC1. The minimum atomic E-state index is -0.267. The molecule has 7 nitrogen and oxygen atoms in total. The Morgan fingerprint density at radius 2 is 1.94 bits per heavy atom. The van der Waals surface area contributed by atoms with Gasteiger partial charge in [-0.05, 0) is 36.6 Å². The molecule has 2 N–H and O–H groups in total. The van der Waals surface area contributed by atoms with Gasteiger partial charge in [-0.25, -0.2) is 0 Å². The molecule has 0 aliphatic carbocycles. The van der Waals surface area contributed by atoms with E-state index in [0.717, 1.165) is 16.8 Å². The molecule has 2 saturated heterocycles. The van der Waals surface area contributed by atoms with Crippen molar-refractivity contribution in [1.82, 2.24) is 14.8 Å². The van der Waals surface area contributed by atoms with Crippen LogP contribution in [0.25, 0.3) is 11.1 Å². The molecule has 0 spiro atoms. The molecular weight excluding hydrogens is 416 g/mol. The number of nitrogens with zero attached hydrogens (tertiary/aromatic N) is 3. The van der Waals surface area contributed by atoms with Gasteiger partial charge >= 0.3 is 0 Å². The first kappa shape index (κ1) is 21.7. The Morgan fingerprint density at radius 1 is 1.13 bits per heavy atom. The molecule has 2 aromatic rings. The third kappa shape index (κ3) is 5.42. The lowest BCUT2D eigenvalue weighted by atomic mass is 9.96. The highest BCUT2D eigenvalue weighted by molar-refractivity contribution is 6.30. The van der Waals surface area contributed by atoms with Gasteiger partial charge in [-0.15, -0.1) is 0 Å². The molecule has 0 saturated carbocycles. The number of rotatable bonds is 5. The van der Waals surface area contributed by atoms with Crippen LogP contribution in [0, 0.1) is 5.92 Å². The van der Waals surface area contributed by atoms with Gasteiger partial charge in [-0.1, -0.05) is 29.8 Å². The fourth-order valence-electron chi connectivity index (χ4n) is 4.16. The number of amides is 2. The standard InChI is InChI=1S/C23H27ClN4O3/c24-19-3-1-2-17(12-19)18-4-5-20(26-13-18)21-14-27(10-11-31-21)15-22(29)28-8-6-16(7-9-28)23(25)30/h1-5,12-13,16,21H,6-11,14-15H2,(H2,25,30). The van der Waals surface area contributed by atoms with Crippen LogP contribution in [-0.2, 0) is 14.3 Å². The predicted molar refractivity (Wildman–Crippen MR) is 118 cm³/mol. The van der Waals surface area contributed by atoms with Crippen molar-refractivity contribution in [2.45, 2.75) is 18.9 Å². The Hall–Kier alpha value is -2.48. The maximum atomic E-state index is 12.7. The second kappa shape index (κ2) is 9.77. The van der Waals surface area contributed by atoms with Crippen molar-refractivity contribution in [1.29, 1.82) is 0 Å². The normalized spacial score (nSPS) is 20.5. The van der Waals surface area contributed by atoms with E-state index in [9.17, 15) is 9.59 Å². The number of likely N-dealkylation sites (tertiary alicyclic amines) is 1. The summed E-state index contributed by atoms with van der Waals surface area (Å²) < 4.78 is 5.92. The second-order valence-corrected chi connectivity index (χ2v) is 8.57. The monoisotopic (exact) mass is 442 g/mol. The molecule has 164 valence electrons. The lowest BCUT2D eigenvalue weighted by Gasteiger charge is -2.35. The summed E-state index contributed by atoms with van der Waals surface area (Å²) in [6.45, 7) is 3.41. The molecular formula is C23H27ClN4O3. The van der Waals surface area contributed by atoms with Crippen LogP contribution in [-0.4, -0.2) is 65.9 Å². The van der Waals surface area contributed by atoms with E-state index >= 15 is 0 Å². The molecule has 2 amide bonds. The number of benzene rings is 1. The van der Waals surface area contributed by atoms with Crippen molar-refractivity contribution in [3.05, 3.63) is 53.3 Å². The van der Waals surface area contributed by atoms with Crippen LogP contribution in [0.3, 0.4) is 0 Å². The van der Waals surface area contributed by atoms with Crippen LogP contribution in [0.15, 0.2) is 42.6 Å². The number of morpholine rings is 1. The molecule has 2 aliphatic heterocycles. The Bertz CT molecular complexity index is 929. The topological polar surface area (TPSA) is 88.8 Å². The fraction of sp³-hybridized carbons (Fsp3) is 0.435. The molecule has 1 unspecified atom stereocenters. The second-order valence-electron chi connectivity index (χ2n) is 8.13. The van der Waals surface area contributed by atoms with Crippen LogP contribution < -0.4 is 5.73 Å². The summed E-state index contributed by atoms with van der Waals surface area (Å²) in [5.74, 6) is -0.289. The van der Waals surface area contributed by atoms with Crippen LogP contribution in [0.2, 0.25) is 5.02 Å².